The monoisotopic (exact) mass is 391 g/mol. The van der Waals surface area contributed by atoms with Crippen molar-refractivity contribution in [2.75, 3.05) is 33.4 Å². The topological polar surface area (TPSA) is 50.0 Å². The van der Waals surface area contributed by atoms with E-state index in [4.69, 9.17) is 9.15 Å². The number of guanidine groups is 1. The first-order chi connectivity index (χ1) is 9.31. The van der Waals surface area contributed by atoms with Crippen LogP contribution in [0.1, 0.15) is 18.6 Å². The molecular weight excluding hydrogens is 369 g/mol. The molecule has 2 aliphatic rings. The van der Waals surface area contributed by atoms with Crippen LogP contribution < -0.4 is 5.32 Å². The van der Waals surface area contributed by atoms with Crippen LogP contribution >= 0.6 is 24.0 Å². The first kappa shape index (κ1) is 15.6. The number of furan rings is 1. The number of nitrogens with zero attached hydrogens (tertiary/aromatic N) is 2. The van der Waals surface area contributed by atoms with Crippen LogP contribution in [0, 0.1) is 5.41 Å². The molecule has 1 aromatic heterocycles. The Morgan fingerprint density at radius 1 is 1.50 bits per heavy atom. The van der Waals surface area contributed by atoms with Crippen LogP contribution in [0.3, 0.4) is 0 Å². The third-order valence-electron chi connectivity index (χ3n) is 4.14. The number of rotatable bonds is 2. The van der Waals surface area contributed by atoms with Gasteiger partial charge in [-0.25, -0.2) is 0 Å². The summed E-state index contributed by atoms with van der Waals surface area (Å²) in [5.41, 5.74) is 0.363. The molecule has 0 bridgehead atoms. The molecule has 0 radical (unpaired) electrons. The summed E-state index contributed by atoms with van der Waals surface area (Å²) in [5, 5.41) is 3.36. The molecule has 3 rings (SSSR count). The fourth-order valence-electron chi connectivity index (χ4n) is 3.00. The van der Waals surface area contributed by atoms with Crippen LogP contribution in [0.25, 0.3) is 0 Å². The van der Waals surface area contributed by atoms with E-state index >= 15 is 0 Å². The van der Waals surface area contributed by atoms with Gasteiger partial charge in [-0.1, -0.05) is 0 Å². The molecule has 1 atom stereocenters. The number of aliphatic imine (C=N–C) groups is 1. The van der Waals surface area contributed by atoms with Gasteiger partial charge in [0.25, 0.3) is 0 Å². The fraction of sp³-hybridized carbons (Fsp3) is 0.643. The van der Waals surface area contributed by atoms with Crippen LogP contribution in [0.4, 0.5) is 0 Å². The molecule has 0 saturated carbocycles. The lowest BCUT2D eigenvalue weighted by Gasteiger charge is -2.24. The maximum Gasteiger partial charge on any atom is 0.194 e. The molecule has 0 aliphatic carbocycles. The molecule has 1 unspecified atom stereocenters. The zero-order valence-corrected chi connectivity index (χ0v) is 14.1. The second kappa shape index (κ2) is 6.80. The molecule has 112 valence electrons. The molecule has 0 aromatic carbocycles. The molecule has 1 spiro atoms. The fourth-order valence-corrected chi connectivity index (χ4v) is 3.00. The summed E-state index contributed by atoms with van der Waals surface area (Å²) in [6.45, 7) is 4.59. The van der Waals surface area contributed by atoms with Crippen molar-refractivity contribution in [2.24, 2.45) is 10.4 Å². The average molecular weight is 391 g/mol. The highest BCUT2D eigenvalue weighted by Crippen LogP contribution is 2.38. The molecule has 20 heavy (non-hydrogen) atoms. The summed E-state index contributed by atoms with van der Waals surface area (Å²) in [5.74, 6) is 1.89. The summed E-state index contributed by atoms with van der Waals surface area (Å²) in [6, 6.07) is 3.87. The molecule has 5 nitrogen and oxygen atoms in total. The lowest BCUT2D eigenvalue weighted by Crippen LogP contribution is -2.41. The second-order valence-corrected chi connectivity index (χ2v) is 5.45. The van der Waals surface area contributed by atoms with Gasteiger partial charge in [-0.15, -0.1) is 24.0 Å². The molecule has 2 aliphatic heterocycles. The molecule has 6 heteroatoms. The normalized spacial score (nSPS) is 26.1. The van der Waals surface area contributed by atoms with Gasteiger partial charge in [-0.2, -0.15) is 0 Å². The maximum atomic E-state index is 5.56. The average Bonchev–Trinajstić information content (AvgIpc) is 3.15. The summed E-state index contributed by atoms with van der Waals surface area (Å²) >= 11 is 0. The van der Waals surface area contributed by atoms with Crippen molar-refractivity contribution < 1.29 is 9.15 Å². The molecule has 2 fully saturated rings. The molecule has 1 N–H and O–H groups in total. The largest absolute Gasteiger partial charge is 0.467 e. The SMILES string of the molecule is CN=C(NCc1ccco1)N1CCC2(CCOC2)C1.I. The molecule has 0 amide bonds. The molecule has 3 heterocycles. The number of likely N-dealkylation sites (tertiary alicyclic amines) is 1. The quantitative estimate of drug-likeness (QED) is 0.477. The van der Waals surface area contributed by atoms with Gasteiger partial charge in [0.2, 0.25) is 0 Å². The highest BCUT2D eigenvalue weighted by Gasteiger charge is 2.42. The zero-order chi connectivity index (χ0) is 13.1. The van der Waals surface area contributed by atoms with Crippen molar-refractivity contribution in [1.29, 1.82) is 0 Å². The van der Waals surface area contributed by atoms with Gasteiger partial charge in [-0.3, -0.25) is 4.99 Å². The van der Waals surface area contributed by atoms with E-state index in [2.05, 4.69) is 15.2 Å². The summed E-state index contributed by atoms with van der Waals surface area (Å²) in [7, 11) is 1.83. The minimum absolute atomic E-state index is 0. The van der Waals surface area contributed by atoms with E-state index in [9.17, 15) is 0 Å². The lowest BCUT2D eigenvalue weighted by atomic mass is 9.87. The Hall–Kier alpha value is -0.760. The van der Waals surface area contributed by atoms with Crippen molar-refractivity contribution >= 4 is 29.9 Å². The second-order valence-electron chi connectivity index (χ2n) is 5.45. The number of nitrogens with one attached hydrogen (secondary N) is 1. The minimum atomic E-state index is 0. The van der Waals surface area contributed by atoms with Gasteiger partial charge >= 0.3 is 0 Å². The van der Waals surface area contributed by atoms with Crippen molar-refractivity contribution in [2.45, 2.75) is 19.4 Å². The Morgan fingerprint density at radius 3 is 3.05 bits per heavy atom. The van der Waals surface area contributed by atoms with E-state index in [1.54, 1.807) is 6.26 Å². The van der Waals surface area contributed by atoms with Gasteiger partial charge in [0, 0.05) is 32.2 Å². The van der Waals surface area contributed by atoms with Crippen LogP contribution in [-0.4, -0.2) is 44.2 Å². The predicted molar refractivity (Wildman–Crippen MR) is 88.4 cm³/mol. The zero-order valence-electron chi connectivity index (χ0n) is 11.8. The Morgan fingerprint density at radius 2 is 2.40 bits per heavy atom. The lowest BCUT2D eigenvalue weighted by molar-refractivity contribution is 0.156. The number of hydrogen-bond acceptors (Lipinski definition) is 3. The standard InChI is InChI=1S/C14H21N3O2.HI/c1-15-13(16-9-12-3-2-7-19-12)17-6-4-14(10-17)5-8-18-11-14;/h2-3,7H,4-6,8-11H2,1H3,(H,15,16);1H. The summed E-state index contributed by atoms with van der Waals surface area (Å²) in [4.78, 5) is 6.70. The minimum Gasteiger partial charge on any atom is -0.467 e. The Bertz CT molecular complexity index is 441. The molecule has 2 saturated heterocycles. The van der Waals surface area contributed by atoms with Gasteiger partial charge in [-0.05, 0) is 25.0 Å². The van der Waals surface area contributed by atoms with Crippen molar-refractivity contribution in [3.8, 4) is 0 Å². The smallest absolute Gasteiger partial charge is 0.194 e. The van der Waals surface area contributed by atoms with E-state index < -0.39 is 0 Å². The number of hydrogen-bond donors (Lipinski definition) is 1. The Labute approximate surface area is 136 Å². The third-order valence-corrected chi connectivity index (χ3v) is 4.14. The summed E-state index contributed by atoms with van der Waals surface area (Å²) < 4.78 is 10.9. The van der Waals surface area contributed by atoms with E-state index in [0.717, 1.165) is 38.0 Å². The highest BCUT2D eigenvalue weighted by molar-refractivity contribution is 14.0. The first-order valence-corrected chi connectivity index (χ1v) is 6.87. The maximum absolute atomic E-state index is 5.56. The van der Waals surface area contributed by atoms with Crippen LogP contribution in [0.5, 0.6) is 0 Å². The number of halogens is 1. The van der Waals surface area contributed by atoms with Crippen LogP contribution in [-0.2, 0) is 11.3 Å². The van der Waals surface area contributed by atoms with Gasteiger partial charge in [0.05, 0.1) is 19.4 Å². The van der Waals surface area contributed by atoms with Gasteiger partial charge in [0.1, 0.15) is 5.76 Å². The molecular formula is C14H22IN3O2. The molecule has 1 aromatic rings. The van der Waals surface area contributed by atoms with E-state index in [1.165, 1.54) is 12.8 Å². The van der Waals surface area contributed by atoms with Crippen molar-refractivity contribution in [3.05, 3.63) is 24.2 Å². The van der Waals surface area contributed by atoms with Crippen LogP contribution in [0.2, 0.25) is 0 Å². The number of ether oxygens (including phenoxy) is 1. The highest BCUT2D eigenvalue weighted by atomic mass is 127. The van der Waals surface area contributed by atoms with E-state index in [1.807, 2.05) is 19.2 Å². The van der Waals surface area contributed by atoms with E-state index in [0.29, 0.717) is 12.0 Å². The predicted octanol–water partition coefficient (Wildman–Crippen LogP) is 2.09. The van der Waals surface area contributed by atoms with Crippen molar-refractivity contribution in [3.63, 3.8) is 0 Å². The van der Waals surface area contributed by atoms with Gasteiger partial charge < -0.3 is 19.4 Å². The van der Waals surface area contributed by atoms with Crippen molar-refractivity contribution in [1.82, 2.24) is 10.2 Å². The van der Waals surface area contributed by atoms with Crippen LogP contribution in [0.15, 0.2) is 27.8 Å². The third kappa shape index (κ3) is 3.28. The summed E-state index contributed by atoms with van der Waals surface area (Å²) in [6.07, 6.45) is 4.08. The van der Waals surface area contributed by atoms with E-state index in [-0.39, 0.29) is 24.0 Å². The first-order valence-electron chi connectivity index (χ1n) is 6.87. The Kier molecular flexibility index (Phi) is 5.31. The Balaban J connectivity index is 0.00000147. The van der Waals surface area contributed by atoms with Gasteiger partial charge in [0.15, 0.2) is 5.96 Å².